The van der Waals surface area contributed by atoms with Crippen molar-refractivity contribution in [3.05, 3.63) is 35.9 Å². The molecule has 0 fully saturated rings. The predicted molar refractivity (Wildman–Crippen MR) is 71.5 cm³/mol. The smallest absolute Gasteiger partial charge is 0.244 e. The number of rotatable bonds is 7. The zero-order valence-corrected chi connectivity index (χ0v) is 10.8. The number of benzene rings is 1. The highest BCUT2D eigenvalue weighted by molar-refractivity contribution is 5.91. The molecule has 0 bridgehead atoms. The number of methoxy groups -OCH3 is 2. The molecule has 1 N–H and O–H groups in total. The van der Waals surface area contributed by atoms with Gasteiger partial charge in [0.1, 0.15) is 5.75 Å². The molecule has 0 saturated heterocycles. The minimum Gasteiger partial charge on any atom is -0.497 e. The van der Waals surface area contributed by atoms with Gasteiger partial charge in [-0.3, -0.25) is 4.79 Å². The normalized spacial score (nSPS) is 10.6. The lowest BCUT2D eigenvalue weighted by Gasteiger charge is -2.01. The number of carbonyl (C=O) groups is 1. The van der Waals surface area contributed by atoms with Crippen LogP contribution in [-0.4, -0.2) is 33.3 Å². The van der Waals surface area contributed by atoms with E-state index < -0.39 is 0 Å². The Morgan fingerprint density at radius 3 is 2.61 bits per heavy atom. The topological polar surface area (TPSA) is 47.6 Å². The van der Waals surface area contributed by atoms with Crippen LogP contribution in [0.5, 0.6) is 5.75 Å². The monoisotopic (exact) mass is 249 g/mol. The van der Waals surface area contributed by atoms with Gasteiger partial charge in [0.15, 0.2) is 0 Å². The van der Waals surface area contributed by atoms with Gasteiger partial charge in [-0.1, -0.05) is 12.1 Å². The van der Waals surface area contributed by atoms with Crippen molar-refractivity contribution in [3.8, 4) is 5.75 Å². The summed E-state index contributed by atoms with van der Waals surface area (Å²) in [5.41, 5.74) is 0.961. The summed E-state index contributed by atoms with van der Waals surface area (Å²) in [6.07, 6.45) is 4.11. The Balaban J connectivity index is 2.35. The first kappa shape index (κ1) is 14.3. The summed E-state index contributed by atoms with van der Waals surface area (Å²) in [7, 11) is 3.27. The molecule has 0 aliphatic rings. The standard InChI is InChI=1S/C14H19NO3/c1-17-11-3-10-15-14(16)9-6-12-4-7-13(18-2)8-5-12/h4-9H,3,10-11H2,1-2H3,(H,15,16). The van der Waals surface area contributed by atoms with E-state index in [2.05, 4.69) is 5.32 Å². The Kier molecular flexibility index (Phi) is 6.58. The molecule has 1 rings (SSSR count). The van der Waals surface area contributed by atoms with Crippen molar-refractivity contribution in [2.24, 2.45) is 0 Å². The van der Waals surface area contributed by atoms with Crippen LogP contribution in [0.25, 0.3) is 6.08 Å². The van der Waals surface area contributed by atoms with Crippen molar-refractivity contribution < 1.29 is 14.3 Å². The molecule has 0 aliphatic heterocycles. The summed E-state index contributed by atoms with van der Waals surface area (Å²) in [6, 6.07) is 7.51. The first-order valence-corrected chi connectivity index (χ1v) is 5.85. The van der Waals surface area contributed by atoms with E-state index in [1.165, 1.54) is 6.08 Å². The van der Waals surface area contributed by atoms with Crippen LogP contribution in [-0.2, 0) is 9.53 Å². The highest BCUT2D eigenvalue weighted by Crippen LogP contribution is 2.12. The van der Waals surface area contributed by atoms with E-state index in [1.54, 1.807) is 20.3 Å². The fraction of sp³-hybridized carbons (Fsp3) is 0.357. The van der Waals surface area contributed by atoms with Crippen molar-refractivity contribution >= 4 is 12.0 Å². The fourth-order valence-electron chi connectivity index (χ4n) is 1.37. The Labute approximate surface area is 108 Å². The lowest BCUT2D eigenvalue weighted by atomic mass is 10.2. The van der Waals surface area contributed by atoms with Gasteiger partial charge in [0, 0.05) is 26.3 Å². The number of hydrogen-bond acceptors (Lipinski definition) is 3. The van der Waals surface area contributed by atoms with Crippen LogP contribution in [0.1, 0.15) is 12.0 Å². The van der Waals surface area contributed by atoms with E-state index in [4.69, 9.17) is 9.47 Å². The molecule has 0 atom stereocenters. The summed E-state index contributed by atoms with van der Waals surface area (Å²) in [6.45, 7) is 1.28. The lowest BCUT2D eigenvalue weighted by molar-refractivity contribution is -0.116. The molecule has 1 aromatic carbocycles. The number of carbonyl (C=O) groups excluding carboxylic acids is 1. The first-order valence-electron chi connectivity index (χ1n) is 5.85. The molecule has 0 radical (unpaired) electrons. The summed E-state index contributed by atoms with van der Waals surface area (Å²) < 4.78 is 9.95. The van der Waals surface area contributed by atoms with E-state index >= 15 is 0 Å². The van der Waals surface area contributed by atoms with Crippen LogP contribution in [0.4, 0.5) is 0 Å². The van der Waals surface area contributed by atoms with E-state index in [1.807, 2.05) is 24.3 Å². The number of nitrogens with one attached hydrogen (secondary N) is 1. The molecule has 0 unspecified atom stereocenters. The maximum absolute atomic E-state index is 11.4. The largest absolute Gasteiger partial charge is 0.497 e. The third-order valence-electron chi connectivity index (χ3n) is 2.37. The van der Waals surface area contributed by atoms with Crippen molar-refractivity contribution in [2.75, 3.05) is 27.4 Å². The zero-order valence-electron chi connectivity index (χ0n) is 10.8. The second-order valence-electron chi connectivity index (χ2n) is 3.74. The SMILES string of the molecule is COCCCNC(=O)C=Cc1ccc(OC)cc1. The van der Waals surface area contributed by atoms with Gasteiger partial charge < -0.3 is 14.8 Å². The zero-order chi connectivity index (χ0) is 13.2. The summed E-state index contributed by atoms with van der Waals surface area (Å²) in [5.74, 6) is 0.707. The molecule has 1 aromatic rings. The van der Waals surface area contributed by atoms with Gasteiger partial charge in [-0.2, -0.15) is 0 Å². The Hall–Kier alpha value is -1.81. The predicted octanol–water partition coefficient (Wildman–Crippen LogP) is 1.86. The van der Waals surface area contributed by atoms with Gasteiger partial charge >= 0.3 is 0 Å². The highest BCUT2D eigenvalue weighted by atomic mass is 16.5. The summed E-state index contributed by atoms with van der Waals surface area (Å²) in [4.78, 5) is 11.4. The second-order valence-corrected chi connectivity index (χ2v) is 3.74. The molecule has 18 heavy (non-hydrogen) atoms. The van der Waals surface area contributed by atoms with Crippen LogP contribution >= 0.6 is 0 Å². The quantitative estimate of drug-likeness (QED) is 0.592. The van der Waals surface area contributed by atoms with E-state index in [0.29, 0.717) is 13.2 Å². The van der Waals surface area contributed by atoms with Crippen molar-refractivity contribution in [1.82, 2.24) is 5.32 Å². The van der Waals surface area contributed by atoms with Crippen molar-refractivity contribution in [1.29, 1.82) is 0 Å². The third kappa shape index (κ3) is 5.50. The maximum atomic E-state index is 11.4. The molecule has 98 valence electrons. The molecular weight excluding hydrogens is 230 g/mol. The molecule has 0 heterocycles. The van der Waals surface area contributed by atoms with Gasteiger partial charge in [-0.15, -0.1) is 0 Å². The molecule has 1 amide bonds. The molecular formula is C14H19NO3. The maximum Gasteiger partial charge on any atom is 0.244 e. The molecule has 4 heteroatoms. The molecule has 0 aromatic heterocycles. The van der Waals surface area contributed by atoms with Gasteiger partial charge in [0.25, 0.3) is 0 Å². The van der Waals surface area contributed by atoms with E-state index in [9.17, 15) is 4.79 Å². The first-order chi connectivity index (χ1) is 8.76. The van der Waals surface area contributed by atoms with E-state index in [0.717, 1.165) is 17.7 Å². The second kappa shape index (κ2) is 8.31. The van der Waals surface area contributed by atoms with Crippen LogP contribution in [0.2, 0.25) is 0 Å². The van der Waals surface area contributed by atoms with Crippen LogP contribution in [0.3, 0.4) is 0 Å². The van der Waals surface area contributed by atoms with Gasteiger partial charge in [-0.25, -0.2) is 0 Å². The minimum absolute atomic E-state index is 0.0954. The Morgan fingerprint density at radius 2 is 2.00 bits per heavy atom. The Bertz CT molecular complexity index is 385. The van der Waals surface area contributed by atoms with E-state index in [-0.39, 0.29) is 5.91 Å². The number of amides is 1. The van der Waals surface area contributed by atoms with Gasteiger partial charge in [0.05, 0.1) is 7.11 Å². The average molecular weight is 249 g/mol. The summed E-state index contributed by atoms with van der Waals surface area (Å²) in [5, 5.41) is 2.78. The van der Waals surface area contributed by atoms with Gasteiger partial charge in [-0.05, 0) is 30.2 Å². The summed E-state index contributed by atoms with van der Waals surface area (Å²) >= 11 is 0. The number of hydrogen-bond donors (Lipinski definition) is 1. The molecule has 4 nitrogen and oxygen atoms in total. The van der Waals surface area contributed by atoms with Crippen LogP contribution in [0, 0.1) is 0 Å². The molecule has 0 aliphatic carbocycles. The molecule has 0 spiro atoms. The molecule has 0 saturated carbocycles. The van der Waals surface area contributed by atoms with Crippen LogP contribution < -0.4 is 10.1 Å². The Morgan fingerprint density at radius 1 is 1.28 bits per heavy atom. The minimum atomic E-state index is -0.0954. The highest BCUT2D eigenvalue weighted by Gasteiger charge is 1.95. The lowest BCUT2D eigenvalue weighted by Crippen LogP contribution is -2.22. The van der Waals surface area contributed by atoms with Crippen molar-refractivity contribution in [3.63, 3.8) is 0 Å². The van der Waals surface area contributed by atoms with Crippen molar-refractivity contribution in [2.45, 2.75) is 6.42 Å². The van der Waals surface area contributed by atoms with Crippen LogP contribution in [0.15, 0.2) is 30.3 Å². The third-order valence-corrected chi connectivity index (χ3v) is 2.37. The average Bonchev–Trinajstić information content (AvgIpc) is 2.42. The fourth-order valence-corrected chi connectivity index (χ4v) is 1.37. The van der Waals surface area contributed by atoms with Gasteiger partial charge in [0.2, 0.25) is 5.91 Å². The number of ether oxygens (including phenoxy) is 2.